The molecule has 5 heteroatoms. The van der Waals surface area contributed by atoms with E-state index in [1.807, 2.05) is 37.7 Å². The van der Waals surface area contributed by atoms with Gasteiger partial charge < -0.3 is 9.67 Å². The predicted molar refractivity (Wildman–Crippen MR) is 72.4 cm³/mol. The summed E-state index contributed by atoms with van der Waals surface area (Å²) in [6.07, 6.45) is 1.81. The van der Waals surface area contributed by atoms with E-state index in [1.165, 1.54) is 0 Å². The zero-order valence-corrected chi connectivity index (χ0v) is 10.9. The van der Waals surface area contributed by atoms with Crippen molar-refractivity contribution in [1.82, 2.24) is 14.5 Å². The molecule has 3 aromatic heterocycles. The Morgan fingerprint density at radius 2 is 2.00 bits per heavy atom. The molecule has 5 nitrogen and oxygen atoms in total. The monoisotopic (exact) mass is 255 g/mol. The van der Waals surface area contributed by atoms with Crippen molar-refractivity contribution in [3.8, 4) is 0 Å². The Kier molecular flexibility index (Phi) is 2.32. The summed E-state index contributed by atoms with van der Waals surface area (Å²) in [5, 5.41) is 11.0. The Bertz CT molecular complexity index is 834. The summed E-state index contributed by atoms with van der Waals surface area (Å²) in [6, 6.07) is 3.64. The maximum atomic E-state index is 11.1. The van der Waals surface area contributed by atoms with Crippen LogP contribution < -0.4 is 0 Å². The Hall–Kier alpha value is -2.43. The van der Waals surface area contributed by atoms with Crippen LogP contribution in [0.5, 0.6) is 0 Å². The van der Waals surface area contributed by atoms with Gasteiger partial charge in [-0.2, -0.15) is 0 Å². The number of carboxylic acids is 1. The minimum absolute atomic E-state index is 0.0685. The van der Waals surface area contributed by atoms with E-state index in [2.05, 4.69) is 9.97 Å². The van der Waals surface area contributed by atoms with Crippen molar-refractivity contribution < 1.29 is 9.90 Å². The fourth-order valence-corrected chi connectivity index (χ4v) is 2.54. The lowest BCUT2D eigenvalue weighted by Gasteiger charge is -2.02. The van der Waals surface area contributed by atoms with Gasteiger partial charge in [0.1, 0.15) is 11.3 Å². The number of hydrogen-bond acceptors (Lipinski definition) is 3. The summed E-state index contributed by atoms with van der Waals surface area (Å²) in [7, 11) is 1.92. The minimum atomic E-state index is -1.01. The lowest BCUT2D eigenvalue weighted by molar-refractivity contribution is 0.0690. The van der Waals surface area contributed by atoms with Crippen molar-refractivity contribution in [3.05, 3.63) is 35.3 Å². The van der Waals surface area contributed by atoms with Crippen LogP contribution in [0.15, 0.2) is 18.3 Å². The SMILES string of the molecule is Cc1cnc2c(c1)c1cc(C(=O)O)nc(C)c1n2C. The second kappa shape index (κ2) is 3.78. The topological polar surface area (TPSA) is 68.0 Å². The van der Waals surface area contributed by atoms with E-state index < -0.39 is 5.97 Å². The maximum absolute atomic E-state index is 11.1. The summed E-state index contributed by atoms with van der Waals surface area (Å²) in [5.74, 6) is -1.01. The van der Waals surface area contributed by atoms with Gasteiger partial charge in [-0.05, 0) is 31.5 Å². The van der Waals surface area contributed by atoms with E-state index >= 15 is 0 Å². The Morgan fingerprint density at radius 1 is 1.26 bits per heavy atom. The van der Waals surface area contributed by atoms with E-state index in [9.17, 15) is 4.79 Å². The first-order valence-corrected chi connectivity index (χ1v) is 5.94. The molecule has 96 valence electrons. The Morgan fingerprint density at radius 3 is 2.68 bits per heavy atom. The van der Waals surface area contributed by atoms with Crippen molar-refractivity contribution in [1.29, 1.82) is 0 Å². The number of hydrogen-bond donors (Lipinski definition) is 1. The molecule has 19 heavy (non-hydrogen) atoms. The summed E-state index contributed by atoms with van der Waals surface area (Å²) in [5.41, 5.74) is 3.59. The van der Waals surface area contributed by atoms with Gasteiger partial charge in [-0.3, -0.25) is 0 Å². The maximum Gasteiger partial charge on any atom is 0.354 e. The third-order valence-corrected chi connectivity index (χ3v) is 3.33. The quantitative estimate of drug-likeness (QED) is 0.725. The molecular formula is C14H13N3O2. The van der Waals surface area contributed by atoms with Crippen LogP contribution in [0, 0.1) is 13.8 Å². The molecule has 0 saturated carbocycles. The van der Waals surface area contributed by atoms with Gasteiger partial charge in [-0.15, -0.1) is 0 Å². The molecule has 0 unspecified atom stereocenters. The lowest BCUT2D eigenvalue weighted by atomic mass is 10.1. The van der Waals surface area contributed by atoms with Crippen LogP contribution in [0.4, 0.5) is 0 Å². The van der Waals surface area contributed by atoms with Gasteiger partial charge in [-0.25, -0.2) is 14.8 Å². The van der Waals surface area contributed by atoms with Crippen LogP contribution in [-0.2, 0) is 7.05 Å². The van der Waals surface area contributed by atoms with Crippen molar-refractivity contribution in [3.63, 3.8) is 0 Å². The summed E-state index contributed by atoms with van der Waals surface area (Å²) < 4.78 is 1.96. The van der Waals surface area contributed by atoms with Crippen molar-refractivity contribution >= 4 is 27.9 Å². The molecule has 3 rings (SSSR count). The van der Waals surface area contributed by atoms with Crippen LogP contribution in [0.2, 0.25) is 0 Å². The molecule has 1 N–H and O–H groups in total. The van der Waals surface area contributed by atoms with Gasteiger partial charge in [0.2, 0.25) is 0 Å². The van der Waals surface area contributed by atoms with E-state index in [1.54, 1.807) is 6.07 Å². The first-order valence-electron chi connectivity index (χ1n) is 5.94. The molecule has 0 spiro atoms. The normalized spacial score (nSPS) is 11.3. The molecule has 0 radical (unpaired) electrons. The van der Waals surface area contributed by atoms with Gasteiger partial charge in [0.05, 0.1) is 11.2 Å². The van der Waals surface area contributed by atoms with E-state index in [0.29, 0.717) is 5.69 Å². The summed E-state index contributed by atoms with van der Waals surface area (Å²) in [4.78, 5) is 19.7. The Balaban J connectivity index is 2.56. The molecule has 0 fully saturated rings. The summed E-state index contributed by atoms with van der Waals surface area (Å²) in [6.45, 7) is 3.79. The van der Waals surface area contributed by atoms with Crippen LogP contribution in [0.1, 0.15) is 21.7 Å². The fourth-order valence-electron chi connectivity index (χ4n) is 2.54. The largest absolute Gasteiger partial charge is 0.477 e. The number of aromatic carboxylic acids is 1. The van der Waals surface area contributed by atoms with Crippen LogP contribution >= 0.6 is 0 Å². The molecule has 0 aliphatic carbocycles. The highest BCUT2D eigenvalue weighted by molar-refractivity contribution is 6.09. The number of carboxylic acid groups (broad SMARTS) is 1. The van der Waals surface area contributed by atoms with Gasteiger partial charge in [0.15, 0.2) is 0 Å². The molecule has 0 amide bonds. The Labute approximate surface area is 109 Å². The first kappa shape index (κ1) is 11.6. The highest BCUT2D eigenvalue weighted by atomic mass is 16.4. The second-order valence-electron chi connectivity index (χ2n) is 4.74. The van der Waals surface area contributed by atoms with E-state index in [4.69, 9.17) is 5.11 Å². The van der Waals surface area contributed by atoms with Crippen molar-refractivity contribution in [2.75, 3.05) is 0 Å². The molecule has 0 aliphatic rings. The number of pyridine rings is 2. The molecule has 0 aliphatic heterocycles. The number of aromatic nitrogens is 3. The number of rotatable bonds is 1. The molecule has 0 bridgehead atoms. The number of aryl methyl sites for hydroxylation is 3. The highest BCUT2D eigenvalue weighted by Gasteiger charge is 2.16. The van der Waals surface area contributed by atoms with Gasteiger partial charge in [-0.1, -0.05) is 0 Å². The molecule has 3 heterocycles. The van der Waals surface area contributed by atoms with Gasteiger partial charge in [0.25, 0.3) is 0 Å². The van der Waals surface area contributed by atoms with Gasteiger partial charge in [0, 0.05) is 24.0 Å². The smallest absolute Gasteiger partial charge is 0.354 e. The van der Waals surface area contributed by atoms with Gasteiger partial charge >= 0.3 is 5.97 Å². The predicted octanol–water partition coefficient (Wildman–Crippen LogP) is 2.44. The lowest BCUT2D eigenvalue weighted by Crippen LogP contribution is -2.02. The highest BCUT2D eigenvalue weighted by Crippen LogP contribution is 2.29. The second-order valence-corrected chi connectivity index (χ2v) is 4.74. The van der Waals surface area contributed by atoms with Crippen LogP contribution in [-0.4, -0.2) is 25.6 Å². The molecule has 0 atom stereocenters. The number of fused-ring (bicyclic) bond motifs is 3. The van der Waals surface area contributed by atoms with Crippen molar-refractivity contribution in [2.24, 2.45) is 7.05 Å². The number of carbonyl (C=O) groups is 1. The molecule has 3 aromatic rings. The fraction of sp³-hybridized carbons (Fsp3) is 0.214. The van der Waals surface area contributed by atoms with Crippen LogP contribution in [0.3, 0.4) is 0 Å². The molecular weight excluding hydrogens is 242 g/mol. The molecule has 0 saturated heterocycles. The van der Waals surface area contributed by atoms with E-state index in [0.717, 1.165) is 27.5 Å². The summed E-state index contributed by atoms with van der Waals surface area (Å²) >= 11 is 0. The molecule has 0 aromatic carbocycles. The number of nitrogens with zero attached hydrogens (tertiary/aromatic N) is 3. The zero-order chi connectivity index (χ0) is 13.7. The minimum Gasteiger partial charge on any atom is -0.477 e. The van der Waals surface area contributed by atoms with E-state index in [-0.39, 0.29) is 5.69 Å². The zero-order valence-electron chi connectivity index (χ0n) is 10.9. The third kappa shape index (κ3) is 1.58. The van der Waals surface area contributed by atoms with Crippen LogP contribution in [0.25, 0.3) is 21.9 Å². The average Bonchev–Trinajstić information content (AvgIpc) is 2.63. The van der Waals surface area contributed by atoms with Crippen molar-refractivity contribution in [2.45, 2.75) is 13.8 Å². The standard InChI is InChI=1S/C14H13N3O2/c1-7-4-10-9-5-11(14(18)19)16-8(2)12(9)17(3)13(10)15-6-7/h4-6H,1-3H3,(H,18,19). The average molecular weight is 255 g/mol. The first-order chi connectivity index (χ1) is 8.99. The third-order valence-electron chi connectivity index (χ3n) is 3.33.